The molecule has 198 valence electrons. The number of alkyl halides is 3. The number of nitrogens with zero attached hydrogens (tertiary/aromatic N) is 7. The second kappa shape index (κ2) is 10.3. The number of thioether (sulfide) groups is 1. The van der Waals surface area contributed by atoms with Crippen LogP contribution in [-0.2, 0) is 6.54 Å². The van der Waals surface area contributed by atoms with E-state index >= 15 is 0 Å². The van der Waals surface area contributed by atoms with Crippen molar-refractivity contribution in [3.63, 3.8) is 0 Å². The summed E-state index contributed by atoms with van der Waals surface area (Å²) < 4.78 is 42.4. The minimum Gasteiger partial charge on any atom is -0.360 e. The first-order chi connectivity index (χ1) is 18.2. The zero-order valence-electron chi connectivity index (χ0n) is 21.0. The van der Waals surface area contributed by atoms with Crippen LogP contribution in [0.25, 0.3) is 22.6 Å². The number of aromatic nitrogens is 7. The number of hydrogen-bond donors (Lipinski definition) is 1. The molecule has 0 aliphatic heterocycles. The Morgan fingerprint density at radius 3 is 2.58 bits per heavy atom. The van der Waals surface area contributed by atoms with Gasteiger partial charge >= 0.3 is 6.18 Å². The smallest absolute Gasteiger partial charge is 0.360 e. The Hall–Kier alpha value is -3.61. The Labute approximate surface area is 220 Å². The Kier molecular flexibility index (Phi) is 7.03. The van der Waals surface area contributed by atoms with Crippen molar-refractivity contribution < 1.29 is 13.2 Å². The molecule has 0 saturated heterocycles. The van der Waals surface area contributed by atoms with Gasteiger partial charge in [-0.2, -0.15) is 13.2 Å². The first kappa shape index (κ1) is 26.0. The number of halogens is 3. The van der Waals surface area contributed by atoms with Gasteiger partial charge in [-0.25, -0.2) is 24.9 Å². The Bertz CT molecular complexity index is 1540. The highest BCUT2D eigenvalue weighted by atomic mass is 32.2. The third-order valence-electron chi connectivity index (χ3n) is 6.29. The molecule has 38 heavy (non-hydrogen) atoms. The van der Waals surface area contributed by atoms with Crippen LogP contribution >= 0.6 is 11.8 Å². The molecule has 1 unspecified atom stereocenters. The van der Waals surface area contributed by atoms with Crippen molar-refractivity contribution >= 4 is 28.7 Å². The van der Waals surface area contributed by atoms with Crippen LogP contribution in [-0.4, -0.2) is 46.4 Å². The molecule has 0 bridgehead atoms. The predicted octanol–water partition coefficient (Wildman–Crippen LogP) is 5.07. The average molecular weight is 543 g/mol. The fraction of sp³-hybridized carbons (Fsp3) is 0.400. The zero-order chi connectivity index (χ0) is 27.0. The minimum absolute atomic E-state index is 0.0528. The summed E-state index contributed by atoms with van der Waals surface area (Å²) in [6.07, 6.45) is 1.72. The summed E-state index contributed by atoms with van der Waals surface area (Å²) in [6.45, 7) is 4.83. The van der Waals surface area contributed by atoms with Crippen LogP contribution < -0.4 is 10.9 Å². The molecule has 0 radical (unpaired) electrons. The third kappa shape index (κ3) is 5.19. The fourth-order valence-corrected chi connectivity index (χ4v) is 4.74. The molecule has 4 heterocycles. The molecular weight excluding hydrogens is 517 g/mol. The predicted molar refractivity (Wildman–Crippen MR) is 138 cm³/mol. The number of pyridine rings is 1. The fourth-order valence-electron chi connectivity index (χ4n) is 4.12. The molecule has 9 nitrogen and oxygen atoms in total. The molecular formula is C25H25F3N8OS. The molecule has 0 amide bonds. The lowest BCUT2D eigenvalue weighted by Gasteiger charge is -2.21. The van der Waals surface area contributed by atoms with Gasteiger partial charge in [-0.3, -0.25) is 14.3 Å². The Morgan fingerprint density at radius 2 is 1.92 bits per heavy atom. The van der Waals surface area contributed by atoms with Crippen molar-refractivity contribution in [2.45, 2.75) is 63.2 Å². The molecule has 13 heteroatoms. The topological polar surface area (TPSA) is 111 Å². The number of anilines is 1. The van der Waals surface area contributed by atoms with Crippen molar-refractivity contribution in [3.8, 4) is 11.4 Å². The van der Waals surface area contributed by atoms with E-state index in [0.29, 0.717) is 21.5 Å². The average Bonchev–Trinajstić information content (AvgIpc) is 3.73. The zero-order valence-corrected chi connectivity index (χ0v) is 21.8. The van der Waals surface area contributed by atoms with Crippen LogP contribution in [0, 0.1) is 6.92 Å². The second-order valence-electron chi connectivity index (χ2n) is 9.02. The van der Waals surface area contributed by atoms with E-state index in [1.54, 1.807) is 30.9 Å². The highest BCUT2D eigenvalue weighted by Crippen LogP contribution is 2.43. The van der Waals surface area contributed by atoms with E-state index in [0.717, 1.165) is 36.1 Å². The van der Waals surface area contributed by atoms with Crippen LogP contribution in [0.15, 0.2) is 40.5 Å². The van der Waals surface area contributed by atoms with E-state index in [1.165, 1.54) is 12.5 Å². The molecule has 1 atom stereocenters. The Morgan fingerprint density at radius 1 is 1.13 bits per heavy atom. The summed E-state index contributed by atoms with van der Waals surface area (Å²) in [5.74, 6) is 1.06. The van der Waals surface area contributed by atoms with Crippen molar-refractivity contribution in [2.75, 3.05) is 11.1 Å². The molecule has 0 spiro atoms. The summed E-state index contributed by atoms with van der Waals surface area (Å²) in [5, 5.41) is 2.85. The van der Waals surface area contributed by atoms with Gasteiger partial charge in [0.25, 0.3) is 5.56 Å². The van der Waals surface area contributed by atoms with E-state index in [9.17, 15) is 18.0 Å². The van der Waals surface area contributed by atoms with Crippen LogP contribution in [0.4, 0.5) is 19.0 Å². The second-order valence-corrected chi connectivity index (χ2v) is 10.4. The van der Waals surface area contributed by atoms with Gasteiger partial charge in [0.05, 0.1) is 35.4 Å². The normalized spacial score (nSPS) is 14.6. The number of rotatable bonds is 8. The first-order valence-corrected chi connectivity index (χ1v) is 13.1. The minimum atomic E-state index is -4.69. The van der Waals surface area contributed by atoms with Crippen molar-refractivity contribution in [1.82, 2.24) is 34.5 Å². The van der Waals surface area contributed by atoms with Gasteiger partial charge in [0, 0.05) is 17.0 Å². The number of fused-ring (bicyclic) bond motifs is 1. The maximum Gasteiger partial charge on any atom is 0.409 e. The Balaban J connectivity index is 1.59. The third-order valence-corrected chi connectivity index (χ3v) is 7.16. The summed E-state index contributed by atoms with van der Waals surface area (Å²) in [4.78, 5) is 40.4. The monoisotopic (exact) mass is 542 g/mol. The van der Waals surface area contributed by atoms with Crippen molar-refractivity contribution in [1.29, 1.82) is 0 Å². The van der Waals surface area contributed by atoms with Gasteiger partial charge in [-0.05, 0) is 44.6 Å². The molecule has 1 aliphatic rings. The van der Waals surface area contributed by atoms with Gasteiger partial charge < -0.3 is 5.32 Å². The lowest BCUT2D eigenvalue weighted by atomic mass is 10.1. The largest absolute Gasteiger partial charge is 0.409 e. The van der Waals surface area contributed by atoms with Gasteiger partial charge in [-0.15, -0.1) is 11.8 Å². The number of hydrogen-bond acceptors (Lipinski definition) is 9. The van der Waals surface area contributed by atoms with E-state index in [1.807, 2.05) is 13.0 Å². The van der Waals surface area contributed by atoms with Gasteiger partial charge in [0.2, 0.25) is 0 Å². The summed E-state index contributed by atoms with van der Waals surface area (Å²) in [7, 11) is 0. The molecule has 1 fully saturated rings. The molecule has 4 aromatic rings. The quantitative estimate of drug-likeness (QED) is 0.305. The highest BCUT2D eigenvalue weighted by molar-refractivity contribution is 7.99. The van der Waals surface area contributed by atoms with Crippen molar-refractivity contribution in [2.24, 2.45) is 0 Å². The first-order valence-electron chi connectivity index (χ1n) is 12.2. The number of aryl methyl sites for hydroxylation is 1. The summed E-state index contributed by atoms with van der Waals surface area (Å²) in [6, 6.07) is 1.54. The molecule has 1 saturated carbocycles. The standard InChI is InChI=1S/C25H25F3N8OS/c1-4-38-17-8-7-16(29-10-17)9-30-22-24(37)36(14(3)25(26,27)28)23-18(34-22)11-31-21(35-23)19-13(2)32-12-33-20(19)15-5-6-15/h7-8,10-12,14-15H,4-6,9H2,1-3H3,(H,30,34). The van der Waals surface area contributed by atoms with E-state index in [-0.39, 0.29) is 35.3 Å². The SMILES string of the molecule is CCSc1ccc(CNc2nc3cnc(-c4c(C)ncnc4C4CC4)nc3n(C(C)C(F)(F)F)c2=O)nc1. The van der Waals surface area contributed by atoms with Crippen LogP contribution in [0.2, 0.25) is 0 Å². The van der Waals surface area contributed by atoms with Gasteiger partial charge in [0.15, 0.2) is 17.3 Å². The van der Waals surface area contributed by atoms with E-state index < -0.39 is 17.8 Å². The maximum atomic E-state index is 13.9. The summed E-state index contributed by atoms with van der Waals surface area (Å²) >= 11 is 1.64. The molecule has 1 N–H and O–H groups in total. The van der Waals surface area contributed by atoms with Crippen LogP contribution in [0.3, 0.4) is 0 Å². The molecule has 4 aromatic heterocycles. The van der Waals surface area contributed by atoms with E-state index in [4.69, 9.17) is 0 Å². The lowest BCUT2D eigenvalue weighted by molar-refractivity contribution is -0.162. The molecule has 5 rings (SSSR count). The van der Waals surface area contributed by atoms with Gasteiger partial charge in [0.1, 0.15) is 17.9 Å². The number of nitrogens with one attached hydrogen (secondary N) is 1. The van der Waals surface area contributed by atoms with E-state index in [2.05, 4.69) is 35.2 Å². The highest BCUT2D eigenvalue weighted by Gasteiger charge is 2.40. The van der Waals surface area contributed by atoms with Crippen LogP contribution in [0.5, 0.6) is 0 Å². The van der Waals surface area contributed by atoms with Crippen LogP contribution in [0.1, 0.15) is 55.7 Å². The van der Waals surface area contributed by atoms with Gasteiger partial charge in [-0.1, -0.05) is 6.92 Å². The molecule has 1 aliphatic carbocycles. The lowest BCUT2D eigenvalue weighted by Crippen LogP contribution is -2.35. The maximum absolute atomic E-state index is 13.9. The van der Waals surface area contributed by atoms with Crippen molar-refractivity contribution in [3.05, 3.63) is 58.3 Å². The molecule has 0 aromatic carbocycles. The summed E-state index contributed by atoms with van der Waals surface area (Å²) in [5.41, 5.74) is 1.47.